The molecule has 2 aromatic heterocycles. The number of fused-ring (bicyclic) bond motifs is 1. The van der Waals surface area contributed by atoms with Gasteiger partial charge in [0.25, 0.3) is 0 Å². The maximum Gasteiger partial charge on any atom is 0.0549 e. The van der Waals surface area contributed by atoms with E-state index in [1.807, 2.05) is 30.6 Å². The minimum absolute atomic E-state index is 0.210. The third kappa shape index (κ3) is 3.15. The fourth-order valence-corrected chi connectivity index (χ4v) is 4.65. The number of thioether (sulfide) groups is 1. The Morgan fingerprint density at radius 3 is 2.74 bits per heavy atom. The van der Waals surface area contributed by atoms with E-state index in [9.17, 15) is 0 Å². The van der Waals surface area contributed by atoms with E-state index in [0.717, 1.165) is 21.3 Å². The van der Waals surface area contributed by atoms with Crippen molar-refractivity contribution in [1.82, 2.24) is 4.98 Å². The Morgan fingerprint density at radius 1 is 1.09 bits per heavy atom. The van der Waals surface area contributed by atoms with E-state index in [-0.39, 0.29) is 5.25 Å². The summed E-state index contributed by atoms with van der Waals surface area (Å²) in [5.74, 6) is 0. The van der Waals surface area contributed by atoms with Crippen molar-refractivity contribution in [2.75, 3.05) is 5.32 Å². The standard InChI is InChI=1S/C18H13ClN2S2/c19-13-3-4-14-18(10-13)23-17(12-5-7-20-8-6-12)11-15(21-14)16-2-1-9-22-16/h1-11,17,21H. The molecule has 114 valence electrons. The summed E-state index contributed by atoms with van der Waals surface area (Å²) in [7, 11) is 0. The molecule has 2 nitrogen and oxygen atoms in total. The van der Waals surface area contributed by atoms with Gasteiger partial charge in [-0.15, -0.1) is 23.1 Å². The zero-order valence-electron chi connectivity index (χ0n) is 12.1. The molecular formula is C18H13ClN2S2. The van der Waals surface area contributed by atoms with Crippen molar-refractivity contribution in [2.24, 2.45) is 0 Å². The number of thiophene rings is 1. The molecule has 1 aromatic carbocycles. The first-order valence-corrected chi connectivity index (χ1v) is 9.32. The molecule has 0 aliphatic carbocycles. The van der Waals surface area contributed by atoms with E-state index in [1.54, 1.807) is 23.1 Å². The Bertz CT molecular complexity index is 845. The van der Waals surface area contributed by atoms with Crippen molar-refractivity contribution in [3.8, 4) is 0 Å². The van der Waals surface area contributed by atoms with Gasteiger partial charge in [-0.2, -0.15) is 0 Å². The van der Waals surface area contributed by atoms with Gasteiger partial charge in [-0.05, 0) is 53.4 Å². The van der Waals surface area contributed by atoms with Gasteiger partial charge in [-0.25, -0.2) is 0 Å². The molecule has 23 heavy (non-hydrogen) atoms. The Hall–Kier alpha value is -1.75. The summed E-state index contributed by atoms with van der Waals surface area (Å²) in [5.41, 5.74) is 3.46. The van der Waals surface area contributed by atoms with Crippen molar-refractivity contribution >= 4 is 46.1 Å². The Kier molecular flexibility index (Phi) is 4.12. The largest absolute Gasteiger partial charge is 0.354 e. The second-order valence-electron chi connectivity index (χ2n) is 5.14. The topological polar surface area (TPSA) is 24.9 Å². The molecule has 1 N–H and O–H groups in total. The summed E-state index contributed by atoms with van der Waals surface area (Å²) in [6, 6.07) is 14.3. The number of aromatic nitrogens is 1. The number of benzene rings is 1. The lowest BCUT2D eigenvalue weighted by atomic mass is 10.1. The minimum Gasteiger partial charge on any atom is -0.354 e. The molecule has 0 spiro atoms. The highest BCUT2D eigenvalue weighted by atomic mass is 35.5. The highest BCUT2D eigenvalue weighted by Gasteiger charge is 2.20. The Balaban J connectivity index is 1.82. The first-order valence-electron chi connectivity index (χ1n) is 7.18. The molecule has 5 heteroatoms. The van der Waals surface area contributed by atoms with Crippen LogP contribution in [0.1, 0.15) is 15.7 Å². The second kappa shape index (κ2) is 6.40. The number of pyridine rings is 1. The van der Waals surface area contributed by atoms with Gasteiger partial charge < -0.3 is 5.32 Å². The van der Waals surface area contributed by atoms with E-state index in [0.29, 0.717) is 0 Å². The van der Waals surface area contributed by atoms with E-state index >= 15 is 0 Å². The zero-order valence-corrected chi connectivity index (χ0v) is 14.5. The molecule has 0 fully saturated rings. The van der Waals surface area contributed by atoms with Crippen LogP contribution in [0.25, 0.3) is 5.70 Å². The lowest BCUT2D eigenvalue weighted by Gasteiger charge is -2.12. The monoisotopic (exact) mass is 356 g/mol. The molecule has 3 heterocycles. The maximum atomic E-state index is 6.19. The van der Waals surface area contributed by atoms with Crippen LogP contribution in [0.15, 0.2) is 71.2 Å². The average Bonchev–Trinajstić information content (AvgIpc) is 3.04. The molecule has 0 radical (unpaired) electrons. The van der Waals surface area contributed by atoms with Crippen LogP contribution in [0, 0.1) is 0 Å². The lowest BCUT2D eigenvalue weighted by molar-refractivity contribution is 1.19. The van der Waals surface area contributed by atoms with Gasteiger partial charge in [0.15, 0.2) is 0 Å². The van der Waals surface area contributed by atoms with Crippen LogP contribution in [-0.2, 0) is 0 Å². The minimum atomic E-state index is 0.210. The van der Waals surface area contributed by atoms with Crippen LogP contribution in [0.3, 0.4) is 0 Å². The van der Waals surface area contributed by atoms with Crippen molar-refractivity contribution < 1.29 is 0 Å². The van der Waals surface area contributed by atoms with Gasteiger partial charge in [0.05, 0.1) is 21.5 Å². The van der Waals surface area contributed by atoms with Crippen LogP contribution >= 0.6 is 34.7 Å². The number of halogens is 1. The van der Waals surface area contributed by atoms with Crippen LogP contribution < -0.4 is 5.32 Å². The smallest absolute Gasteiger partial charge is 0.0549 e. The molecule has 0 bridgehead atoms. The van der Waals surface area contributed by atoms with E-state index < -0.39 is 0 Å². The lowest BCUT2D eigenvalue weighted by Crippen LogP contribution is -1.97. The first-order chi connectivity index (χ1) is 11.3. The van der Waals surface area contributed by atoms with Crippen molar-refractivity contribution in [2.45, 2.75) is 10.1 Å². The van der Waals surface area contributed by atoms with Gasteiger partial charge >= 0.3 is 0 Å². The van der Waals surface area contributed by atoms with Crippen molar-refractivity contribution in [3.05, 3.63) is 81.8 Å². The number of nitrogens with zero attached hydrogens (tertiary/aromatic N) is 1. The number of hydrogen-bond acceptors (Lipinski definition) is 4. The van der Waals surface area contributed by atoms with Gasteiger partial charge in [0.1, 0.15) is 0 Å². The summed E-state index contributed by atoms with van der Waals surface area (Å²) < 4.78 is 0. The molecule has 1 atom stereocenters. The molecule has 0 saturated carbocycles. The molecular weight excluding hydrogens is 344 g/mol. The van der Waals surface area contributed by atoms with Crippen molar-refractivity contribution in [3.63, 3.8) is 0 Å². The van der Waals surface area contributed by atoms with Crippen LogP contribution in [0.4, 0.5) is 5.69 Å². The van der Waals surface area contributed by atoms with Gasteiger partial charge in [-0.1, -0.05) is 17.7 Å². The SMILES string of the molecule is Clc1ccc2c(c1)SC(c1ccncc1)C=C(c1cccs1)N2. The number of hydrogen-bond donors (Lipinski definition) is 1. The van der Waals surface area contributed by atoms with Crippen LogP contribution in [0.5, 0.6) is 0 Å². The van der Waals surface area contributed by atoms with Crippen molar-refractivity contribution in [1.29, 1.82) is 0 Å². The van der Waals surface area contributed by atoms with Gasteiger partial charge in [0.2, 0.25) is 0 Å². The summed E-state index contributed by atoms with van der Waals surface area (Å²) in [6.07, 6.45) is 5.96. The maximum absolute atomic E-state index is 6.19. The summed E-state index contributed by atoms with van der Waals surface area (Å²) in [6.45, 7) is 0. The Labute approximate surface area is 148 Å². The summed E-state index contributed by atoms with van der Waals surface area (Å²) in [4.78, 5) is 6.51. The number of anilines is 1. The average molecular weight is 357 g/mol. The third-order valence-corrected chi connectivity index (χ3v) is 6.00. The number of rotatable bonds is 2. The molecule has 3 aromatic rings. The van der Waals surface area contributed by atoms with Crippen LogP contribution in [-0.4, -0.2) is 4.98 Å². The normalized spacial score (nSPS) is 16.9. The molecule has 1 aliphatic heterocycles. The second-order valence-corrected chi connectivity index (χ2v) is 7.71. The predicted molar refractivity (Wildman–Crippen MR) is 100 cm³/mol. The highest BCUT2D eigenvalue weighted by molar-refractivity contribution is 7.99. The van der Waals surface area contributed by atoms with E-state index in [2.05, 4.69) is 46.0 Å². The molecule has 1 aliphatic rings. The highest BCUT2D eigenvalue weighted by Crippen LogP contribution is 2.45. The summed E-state index contributed by atoms with van der Waals surface area (Å²) >= 11 is 9.73. The Morgan fingerprint density at radius 2 is 1.96 bits per heavy atom. The molecule has 4 rings (SSSR count). The fraction of sp³-hybridized carbons (Fsp3) is 0.0556. The zero-order chi connectivity index (χ0) is 15.6. The van der Waals surface area contributed by atoms with Gasteiger partial charge in [-0.3, -0.25) is 4.98 Å². The quantitative estimate of drug-likeness (QED) is 0.600. The molecule has 0 amide bonds. The first kappa shape index (κ1) is 14.8. The fourth-order valence-electron chi connectivity index (χ4n) is 2.50. The van der Waals surface area contributed by atoms with Gasteiger partial charge in [0, 0.05) is 22.3 Å². The predicted octanol–water partition coefficient (Wildman–Crippen LogP) is 6.10. The van der Waals surface area contributed by atoms with E-state index in [4.69, 9.17) is 11.6 Å². The summed E-state index contributed by atoms with van der Waals surface area (Å²) in [5, 5.41) is 6.63. The molecule has 1 unspecified atom stereocenters. The van der Waals surface area contributed by atoms with Crippen LogP contribution in [0.2, 0.25) is 5.02 Å². The van der Waals surface area contributed by atoms with E-state index in [1.165, 1.54) is 10.4 Å². The third-order valence-electron chi connectivity index (χ3n) is 3.61. The molecule has 0 saturated heterocycles. The number of nitrogens with one attached hydrogen (secondary N) is 1.